The van der Waals surface area contributed by atoms with E-state index in [1.54, 1.807) is 0 Å². The summed E-state index contributed by atoms with van der Waals surface area (Å²) in [6.45, 7) is -0.873. The fourth-order valence-corrected chi connectivity index (χ4v) is 1.17. The van der Waals surface area contributed by atoms with Crippen LogP contribution in [0.5, 0.6) is 0 Å². The van der Waals surface area contributed by atoms with Gasteiger partial charge in [-0.05, 0) is 0 Å². The molecule has 0 aromatic carbocycles. The first-order valence-electron chi connectivity index (χ1n) is 4.85. The fraction of sp³-hybridized carbons (Fsp3) is 0.333. The number of carboxylic acids is 1. The largest absolute Gasteiger partial charge is 0.478 e. The van der Waals surface area contributed by atoms with E-state index in [1.807, 2.05) is 0 Å². The number of nitro groups is 1. The molecule has 0 bridgehead atoms. The maximum Gasteiger partial charge on any atom is 0.339 e. The number of aromatic nitrogens is 1. The van der Waals surface area contributed by atoms with Gasteiger partial charge in [-0.3, -0.25) is 10.1 Å². The molecule has 1 rings (SSSR count). The quantitative estimate of drug-likeness (QED) is 0.392. The average molecular weight is 257 g/mol. The number of carboxylic acid groups (broad SMARTS) is 1. The van der Waals surface area contributed by atoms with Crippen molar-refractivity contribution in [1.29, 1.82) is 0 Å². The summed E-state index contributed by atoms with van der Waals surface area (Å²) < 4.78 is 0. The first-order valence-corrected chi connectivity index (χ1v) is 4.85. The zero-order valence-corrected chi connectivity index (χ0v) is 9.11. The monoisotopic (exact) mass is 257 g/mol. The van der Waals surface area contributed by atoms with Crippen molar-refractivity contribution in [1.82, 2.24) is 4.98 Å². The van der Waals surface area contributed by atoms with E-state index in [4.69, 9.17) is 15.3 Å². The highest BCUT2D eigenvalue weighted by Crippen LogP contribution is 2.19. The Morgan fingerprint density at radius 1 is 1.50 bits per heavy atom. The van der Waals surface area contributed by atoms with Crippen molar-refractivity contribution < 1.29 is 25.0 Å². The zero-order valence-electron chi connectivity index (χ0n) is 9.11. The maximum absolute atomic E-state index is 10.9. The first-order chi connectivity index (χ1) is 8.49. The highest BCUT2D eigenvalue weighted by molar-refractivity contribution is 5.93. The molecule has 0 radical (unpaired) electrons. The van der Waals surface area contributed by atoms with Crippen molar-refractivity contribution in [3.05, 3.63) is 27.9 Å². The molecule has 0 aliphatic carbocycles. The Labute approximate surface area is 101 Å². The lowest BCUT2D eigenvalue weighted by Crippen LogP contribution is -2.29. The molecule has 1 aromatic rings. The predicted molar refractivity (Wildman–Crippen MR) is 59.4 cm³/mol. The lowest BCUT2D eigenvalue weighted by molar-refractivity contribution is -0.385. The summed E-state index contributed by atoms with van der Waals surface area (Å²) >= 11 is 0. The second-order valence-corrected chi connectivity index (χ2v) is 3.36. The van der Waals surface area contributed by atoms with Gasteiger partial charge in [-0.2, -0.15) is 0 Å². The molecule has 0 aliphatic heterocycles. The number of hydrogen-bond acceptors (Lipinski definition) is 7. The number of hydrogen-bond donors (Lipinski definition) is 4. The lowest BCUT2D eigenvalue weighted by atomic mass is 10.2. The summed E-state index contributed by atoms with van der Waals surface area (Å²) in [5.41, 5.74) is -0.862. The smallest absolute Gasteiger partial charge is 0.339 e. The minimum atomic E-state index is -1.40. The van der Waals surface area contributed by atoms with Gasteiger partial charge in [0, 0.05) is 6.07 Å². The van der Waals surface area contributed by atoms with Crippen molar-refractivity contribution in [2.45, 2.75) is 6.04 Å². The van der Waals surface area contributed by atoms with E-state index in [0.717, 1.165) is 12.3 Å². The number of pyridine rings is 1. The minimum absolute atomic E-state index is 0.152. The number of anilines is 1. The van der Waals surface area contributed by atoms with E-state index in [2.05, 4.69) is 10.3 Å². The zero-order chi connectivity index (χ0) is 13.7. The van der Waals surface area contributed by atoms with E-state index < -0.39 is 41.4 Å². The number of aliphatic hydroxyl groups is 2. The maximum atomic E-state index is 10.9. The second-order valence-electron chi connectivity index (χ2n) is 3.36. The van der Waals surface area contributed by atoms with Gasteiger partial charge >= 0.3 is 5.97 Å². The molecule has 1 aromatic heterocycles. The van der Waals surface area contributed by atoms with Crippen molar-refractivity contribution in [3.63, 3.8) is 0 Å². The van der Waals surface area contributed by atoms with Crippen LogP contribution in [-0.4, -0.2) is 50.5 Å². The molecular formula is C9H11N3O6. The molecule has 0 amide bonds. The summed E-state index contributed by atoms with van der Waals surface area (Å²) in [5.74, 6) is -1.55. The van der Waals surface area contributed by atoms with Crippen LogP contribution in [0.3, 0.4) is 0 Å². The molecule has 18 heavy (non-hydrogen) atoms. The molecule has 0 aliphatic rings. The average Bonchev–Trinajstić information content (AvgIpc) is 2.35. The van der Waals surface area contributed by atoms with Gasteiger partial charge in [-0.1, -0.05) is 0 Å². The SMILES string of the molecule is O=C(O)c1cc([N+](=O)[O-])cnc1NC(CO)CO. The third kappa shape index (κ3) is 3.12. The van der Waals surface area contributed by atoms with E-state index in [9.17, 15) is 14.9 Å². The molecule has 1 heterocycles. The van der Waals surface area contributed by atoms with Crippen molar-refractivity contribution in [2.24, 2.45) is 0 Å². The highest BCUT2D eigenvalue weighted by Gasteiger charge is 2.19. The molecule has 0 unspecified atom stereocenters. The molecule has 0 atom stereocenters. The van der Waals surface area contributed by atoms with Gasteiger partial charge in [0.25, 0.3) is 5.69 Å². The lowest BCUT2D eigenvalue weighted by Gasteiger charge is -2.15. The molecule has 0 saturated heterocycles. The molecule has 0 fully saturated rings. The number of aliphatic hydroxyl groups excluding tert-OH is 2. The summed E-state index contributed by atoms with van der Waals surface area (Å²) in [4.78, 5) is 24.3. The fourth-order valence-electron chi connectivity index (χ4n) is 1.17. The van der Waals surface area contributed by atoms with Crippen molar-refractivity contribution in [3.8, 4) is 0 Å². The molecule has 0 spiro atoms. The van der Waals surface area contributed by atoms with Crippen LogP contribution >= 0.6 is 0 Å². The van der Waals surface area contributed by atoms with Crippen LogP contribution in [0, 0.1) is 10.1 Å². The predicted octanol–water partition coefficient (Wildman–Crippen LogP) is -0.547. The van der Waals surface area contributed by atoms with Gasteiger partial charge in [0.05, 0.1) is 24.2 Å². The first kappa shape index (κ1) is 13.8. The molecular weight excluding hydrogens is 246 g/mol. The van der Waals surface area contributed by atoms with E-state index >= 15 is 0 Å². The number of carbonyl (C=O) groups is 1. The van der Waals surface area contributed by atoms with Gasteiger partial charge < -0.3 is 20.6 Å². The van der Waals surface area contributed by atoms with Crippen molar-refractivity contribution >= 4 is 17.5 Å². The van der Waals surface area contributed by atoms with Crippen LogP contribution in [0.1, 0.15) is 10.4 Å². The minimum Gasteiger partial charge on any atom is -0.478 e. The molecule has 98 valence electrons. The molecule has 9 heteroatoms. The molecule has 9 nitrogen and oxygen atoms in total. The number of nitrogens with one attached hydrogen (secondary N) is 1. The van der Waals surface area contributed by atoms with Crippen LogP contribution in [-0.2, 0) is 0 Å². The summed E-state index contributed by atoms with van der Waals surface area (Å²) in [6, 6.07) is 0.0563. The topological polar surface area (TPSA) is 146 Å². The highest BCUT2D eigenvalue weighted by atomic mass is 16.6. The standard InChI is InChI=1S/C9H11N3O6/c13-3-5(4-14)11-8-7(9(15)16)1-6(2-10-8)12(17)18/h1-2,5,13-14H,3-4H2,(H,10,11)(H,15,16). The third-order valence-electron chi connectivity index (χ3n) is 2.10. The molecule has 4 N–H and O–H groups in total. The Morgan fingerprint density at radius 3 is 2.56 bits per heavy atom. The van der Waals surface area contributed by atoms with Crippen LogP contribution in [0.15, 0.2) is 12.3 Å². The van der Waals surface area contributed by atoms with Crippen molar-refractivity contribution in [2.75, 3.05) is 18.5 Å². The van der Waals surface area contributed by atoms with E-state index in [-0.39, 0.29) is 5.82 Å². The Bertz CT molecular complexity index is 460. The van der Waals surface area contributed by atoms with E-state index in [0.29, 0.717) is 0 Å². The van der Waals surface area contributed by atoms with Crippen LogP contribution in [0.25, 0.3) is 0 Å². The Kier molecular flexibility index (Phi) is 4.52. The van der Waals surface area contributed by atoms with Gasteiger partial charge in [0.15, 0.2) is 0 Å². The van der Waals surface area contributed by atoms with Crippen LogP contribution < -0.4 is 5.32 Å². The van der Waals surface area contributed by atoms with Crippen LogP contribution in [0.2, 0.25) is 0 Å². The Hall–Kier alpha value is -2.26. The Morgan fingerprint density at radius 2 is 2.11 bits per heavy atom. The summed E-state index contributed by atoms with van der Waals surface area (Å²) in [7, 11) is 0. The Balaban J connectivity index is 3.11. The number of rotatable bonds is 6. The molecule has 0 saturated carbocycles. The summed E-state index contributed by atoms with van der Waals surface area (Å²) in [6.07, 6.45) is 0.889. The summed E-state index contributed by atoms with van der Waals surface area (Å²) in [5, 5.41) is 39.6. The third-order valence-corrected chi connectivity index (χ3v) is 2.10. The van der Waals surface area contributed by atoms with E-state index in [1.165, 1.54) is 0 Å². The number of aromatic carboxylic acids is 1. The van der Waals surface area contributed by atoms with Gasteiger partial charge in [-0.15, -0.1) is 0 Å². The van der Waals surface area contributed by atoms with Crippen LogP contribution in [0.4, 0.5) is 11.5 Å². The van der Waals surface area contributed by atoms with Gasteiger partial charge in [0.1, 0.15) is 17.6 Å². The second kappa shape index (κ2) is 5.89. The normalized spacial score (nSPS) is 10.4. The van der Waals surface area contributed by atoms with Gasteiger partial charge in [0.2, 0.25) is 0 Å². The van der Waals surface area contributed by atoms with Gasteiger partial charge in [-0.25, -0.2) is 9.78 Å². The number of nitrogens with zero attached hydrogens (tertiary/aromatic N) is 2.